The molecule has 0 aliphatic carbocycles. The zero-order valence-corrected chi connectivity index (χ0v) is 22.1. The van der Waals surface area contributed by atoms with E-state index in [0.717, 1.165) is 22.2 Å². The van der Waals surface area contributed by atoms with Gasteiger partial charge in [-0.15, -0.1) is 0 Å². The van der Waals surface area contributed by atoms with Gasteiger partial charge in [0.15, 0.2) is 11.3 Å². The van der Waals surface area contributed by atoms with Gasteiger partial charge in [0.2, 0.25) is 17.7 Å². The van der Waals surface area contributed by atoms with Gasteiger partial charge in [-0.2, -0.15) is 0 Å². The van der Waals surface area contributed by atoms with Crippen LogP contribution in [-0.2, 0) is 14.4 Å². The van der Waals surface area contributed by atoms with Gasteiger partial charge in [0.05, 0.1) is 0 Å². The molecule has 3 amide bonds. The fourth-order valence-electron chi connectivity index (χ4n) is 3.98. The van der Waals surface area contributed by atoms with E-state index in [-0.39, 0.29) is 50.1 Å². The fraction of sp³-hybridized carbons (Fsp3) is 0.321. The minimum atomic E-state index is -0.293. The molecular weight excluding hydrogens is 496 g/mol. The van der Waals surface area contributed by atoms with Crippen LogP contribution in [0.15, 0.2) is 48.5 Å². The highest BCUT2D eigenvalue weighted by Gasteiger charge is 2.17. The highest BCUT2D eigenvalue weighted by atomic mass is 16.2. The Kier molecular flexibility index (Phi) is 9.06. The van der Waals surface area contributed by atoms with Crippen LogP contribution in [0, 0.1) is 13.8 Å². The van der Waals surface area contributed by atoms with E-state index in [0.29, 0.717) is 35.9 Å². The molecule has 0 aliphatic rings. The van der Waals surface area contributed by atoms with Crippen molar-refractivity contribution < 1.29 is 14.4 Å². The number of nitrogens with two attached hydrogens (primary N) is 1. The van der Waals surface area contributed by atoms with Gasteiger partial charge in [-0.25, -0.2) is 19.9 Å². The highest BCUT2D eigenvalue weighted by Crippen LogP contribution is 2.15. The molecule has 0 saturated heterocycles. The Labute approximate surface area is 226 Å². The molecule has 0 radical (unpaired) electrons. The Bertz CT molecular complexity index is 1400. The van der Waals surface area contributed by atoms with E-state index in [9.17, 15) is 14.4 Å². The first-order valence-electron chi connectivity index (χ1n) is 12.9. The first-order chi connectivity index (χ1) is 18.8. The van der Waals surface area contributed by atoms with Crippen LogP contribution in [0.2, 0.25) is 0 Å². The molecule has 39 heavy (non-hydrogen) atoms. The van der Waals surface area contributed by atoms with Crippen LogP contribution < -0.4 is 16.4 Å². The van der Waals surface area contributed by atoms with Crippen LogP contribution >= 0.6 is 0 Å². The monoisotopic (exact) mass is 528 g/mol. The Morgan fingerprint density at radius 2 is 1.15 bits per heavy atom. The predicted octanol–water partition coefficient (Wildman–Crippen LogP) is 3.11. The predicted molar refractivity (Wildman–Crippen MR) is 150 cm³/mol. The molecule has 4 heterocycles. The highest BCUT2D eigenvalue weighted by molar-refractivity contribution is 5.92. The number of carbonyl (C=O) groups is 3. The number of carbonyl (C=O) groups excluding carboxylic acids is 3. The molecule has 0 unspecified atom stereocenters. The maximum atomic E-state index is 12.8. The number of hydrogen-bond donors (Lipinski definition) is 3. The van der Waals surface area contributed by atoms with Gasteiger partial charge >= 0.3 is 0 Å². The van der Waals surface area contributed by atoms with E-state index in [1.54, 1.807) is 12.1 Å². The van der Waals surface area contributed by atoms with Gasteiger partial charge in [0.1, 0.15) is 11.6 Å². The SMILES string of the molecule is Cc1ccc2ccc(NC(=O)CCN(CCC(=O)Nc3ccc4ccc(C)nc4n3)C(=O)CCCN)nc2n1. The lowest BCUT2D eigenvalue weighted by Gasteiger charge is -2.22. The van der Waals surface area contributed by atoms with E-state index >= 15 is 0 Å². The average Bonchev–Trinajstić information content (AvgIpc) is 2.91. The molecular formula is C28H32N8O3. The van der Waals surface area contributed by atoms with E-state index in [4.69, 9.17) is 5.73 Å². The summed E-state index contributed by atoms with van der Waals surface area (Å²) in [4.78, 5) is 57.2. The standard InChI is InChI=1S/C28H32N8O3/c1-18-5-7-20-9-11-22(34-27(20)30-18)32-24(37)13-16-36(26(39)4-3-15-29)17-14-25(38)33-23-12-10-21-8-6-19(2)31-28(21)35-23/h5-12H,3-4,13-17,29H2,1-2H3,(H,30,32,34,37)(H,31,33,35,38). The smallest absolute Gasteiger partial charge is 0.227 e. The molecule has 4 aromatic rings. The summed E-state index contributed by atoms with van der Waals surface area (Å²) in [6.07, 6.45) is 0.866. The van der Waals surface area contributed by atoms with Crippen LogP contribution in [-0.4, -0.2) is 62.2 Å². The summed E-state index contributed by atoms with van der Waals surface area (Å²) in [7, 11) is 0. The second-order valence-corrected chi connectivity index (χ2v) is 9.26. The van der Waals surface area contributed by atoms with E-state index in [1.165, 1.54) is 4.90 Å². The molecule has 0 aliphatic heterocycles. The zero-order chi connectivity index (χ0) is 27.8. The van der Waals surface area contributed by atoms with Crippen LogP contribution in [0.3, 0.4) is 0 Å². The summed E-state index contributed by atoms with van der Waals surface area (Å²) in [5.41, 5.74) is 8.32. The lowest BCUT2D eigenvalue weighted by atomic mass is 10.2. The van der Waals surface area contributed by atoms with Crippen molar-refractivity contribution in [3.05, 3.63) is 59.9 Å². The molecule has 4 rings (SSSR count). The number of nitrogens with one attached hydrogen (secondary N) is 2. The second kappa shape index (κ2) is 12.8. The largest absolute Gasteiger partial charge is 0.342 e. The number of hydrogen-bond acceptors (Lipinski definition) is 8. The van der Waals surface area contributed by atoms with Crippen molar-refractivity contribution in [1.29, 1.82) is 0 Å². The van der Waals surface area contributed by atoms with E-state index in [1.807, 2.05) is 50.2 Å². The minimum Gasteiger partial charge on any atom is -0.342 e. The molecule has 0 fully saturated rings. The van der Waals surface area contributed by atoms with Gasteiger partial charge in [-0.1, -0.05) is 0 Å². The van der Waals surface area contributed by atoms with Crippen LogP contribution in [0.1, 0.15) is 37.1 Å². The number of amides is 3. The molecule has 11 heteroatoms. The van der Waals surface area contributed by atoms with Gasteiger partial charge in [-0.3, -0.25) is 14.4 Å². The van der Waals surface area contributed by atoms with Crippen molar-refractivity contribution in [1.82, 2.24) is 24.8 Å². The Hall–Kier alpha value is -4.51. The molecule has 0 atom stereocenters. The lowest BCUT2D eigenvalue weighted by Crippen LogP contribution is -2.36. The van der Waals surface area contributed by atoms with Crippen LogP contribution in [0.4, 0.5) is 11.6 Å². The molecule has 11 nitrogen and oxygen atoms in total. The Morgan fingerprint density at radius 3 is 1.62 bits per heavy atom. The van der Waals surface area contributed by atoms with Gasteiger partial charge < -0.3 is 21.3 Å². The Balaban J connectivity index is 1.33. The Morgan fingerprint density at radius 1 is 0.692 bits per heavy atom. The molecule has 4 N–H and O–H groups in total. The summed E-state index contributed by atoms with van der Waals surface area (Å²) in [6, 6.07) is 14.7. The van der Waals surface area contributed by atoms with E-state index < -0.39 is 0 Å². The first-order valence-corrected chi connectivity index (χ1v) is 12.9. The third-order valence-corrected chi connectivity index (χ3v) is 6.08. The number of nitrogens with zero attached hydrogens (tertiary/aromatic N) is 5. The normalized spacial score (nSPS) is 10.9. The van der Waals surface area contributed by atoms with Crippen molar-refractivity contribution in [2.24, 2.45) is 5.73 Å². The molecule has 202 valence electrons. The van der Waals surface area contributed by atoms with E-state index in [2.05, 4.69) is 30.6 Å². The molecule has 0 saturated carbocycles. The van der Waals surface area contributed by atoms with Crippen LogP contribution in [0.5, 0.6) is 0 Å². The fourth-order valence-corrected chi connectivity index (χ4v) is 3.98. The summed E-state index contributed by atoms with van der Waals surface area (Å²) in [6.45, 7) is 4.44. The van der Waals surface area contributed by atoms with Crippen molar-refractivity contribution in [2.45, 2.75) is 39.5 Å². The quantitative estimate of drug-likeness (QED) is 0.268. The number of aromatic nitrogens is 4. The number of aryl methyl sites for hydroxylation is 2. The van der Waals surface area contributed by atoms with Crippen molar-refractivity contribution in [2.75, 3.05) is 30.3 Å². The zero-order valence-electron chi connectivity index (χ0n) is 22.1. The molecule has 4 aromatic heterocycles. The summed E-state index contributed by atoms with van der Waals surface area (Å²) in [5.74, 6) is 0.0302. The maximum Gasteiger partial charge on any atom is 0.227 e. The third-order valence-electron chi connectivity index (χ3n) is 6.08. The molecule has 0 spiro atoms. The van der Waals surface area contributed by atoms with Gasteiger partial charge in [0.25, 0.3) is 0 Å². The topological polar surface area (TPSA) is 156 Å². The first kappa shape index (κ1) is 27.5. The van der Waals surface area contributed by atoms with Crippen molar-refractivity contribution in [3.8, 4) is 0 Å². The van der Waals surface area contributed by atoms with Crippen molar-refractivity contribution >= 4 is 51.4 Å². The maximum absolute atomic E-state index is 12.8. The van der Waals surface area contributed by atoms with Crippen LogP contribution in [0.25, 0.3) is 22.1 Å². The third kappa shape index (κ3) is 7.74. The minimum absolute atomic E-state index is 0.0498. The summed E-state index contributed by atoms with van der Waals surface area (Å²) in [5, 5.41) is 7.28. The van der Waals surface area contributed by atoms with Gasteiger partial charge in [0, 0.05) is 54.5 Å². The number of rotatable bonds is 11. The lowest BCUT2D eigenvalue weighted by molar-refractivity contribution is -0.132. The summed E-state index contributed by atoms with van der Waals surface area (Å²) >= 11 is 0. The van der Waals surface area contributed by atoms with Crippen molar-refractivity contribution in [3.63, 3.8) is 0 Å². The second-order valence-electron chi connectivity index (χ2n) is 9.26. The molecule has 0 bridgehead atoms. The number of anilines is 2. The average molecular weight is 529 g/mol. The number of pyridine rings is 4. The van der Waals surface area contributed by atoms with Gasteiger partial charge in [-0.05, 0) is 75.3 Å². The number of fused-ring (bicyclic) bond motifs is 2. The molecule has 0 aromatic carbocycles. The summed E-state index contributed by atoms with van der Waals surface area (Å²) < 4.78 is 0.